The Kier molecular flexibility index (Phi) is 3.57. The number of carbonyl (C=O) groups excluding carboxylic acids is 2. The molecule has 4 heteroatoms. The van der Waals surface area contributed by atoms with Crippen LogP contribution in [0.25, 0.3) is 0 Å². The second kappa shape index (κ2) is 5.31. The van der Waals surface area contributed by atoms with Crippen molar-refractivity contribution in [3.63, 3.8) is 0 Å². The molecule has 0 bridgehead atoms. The van der Waals surface area contributed by atoms with Crippen LogP contribution < -0.4 is 4.74 Å². The van der Waals surface area contributed by atoms with E-state index in [2.05, 4.69) is 0 Å². The van der Waals surface area contributed by atoms with Gasteiger partial charge < -0.3 is 9.15 Å². The number of ketones is 2. The number of carbonyl (C=O) groups is 2. The molecule has 1 aromatic heterocycles. The zero-order valence-corrected chi connectivity index (χ0v) is 9.88. The van der Waals surface area contributed by atoms with Crippen LogP contribution >= 0.6 is 0 Å². The summed E-state index contributed by atoms with van der Waals surface area (Å²) in [4.78, 5) is 22.8. The Hall–Kier alpha value is -2.36. The summed E-state index contributed by atoms with van der Waals surface area (Å²) in [6.45, 7) is 1.36. The molecule has 0 radical (unpaired) electrons. The summed E-state index contributed by atoms with van der Waals surface area (Å²) in [5.41, 5.74) is 0.554. The summed E-state index contributed by atoms with van der Waals surface area (Å²) in [5, 5.41) is 0. The molecule has 0 unspecified atom stereocenters. The topological polar surface area (TPSA) is 56.5 Å². The molecule has 1 aromatic carbocycles. The third-order valence-corrected chi connectivity index (χ3v) is 2.41. The second-order valence-electron chi connectivity index (χ2n) is 3.77. The average molecular weight is 244 g/mol. The Morgan fingerprint density at radius 3 is 2.72 bits per heavy atom. The van der Waals surface area contributed by atoms with Crippen LogP contribution in [0.2, 0.25) is 0 Å². The summed E-state index contributed by atoms with van der Waals surface area (Å²) in [6, 6.07) is 9.94. The maximum Gasteiger partial charge on any atom is 0.235 e. The Morgan fingerprint density at radius 1 is 1.22 bits per heavy atom. The van der Waals surface area contributed by atoms with E-state index in [0.29, 0.717) is 11.3 Å². The predicted molar refractivity (Wildman–Crippen MR) is 65.0 cm³/mol. The number of rotatable bonds is 5. The van der Waals surface area contributed by atoms with E-state index < -0.39 is 0 Å². The summed E-state index contributed by atoms with van der Waals surface area (Å²) in [7, 11) is 0. The summed E-state index contributed by atoms with van der Waals surface area (Å²) in [5.74, 6) is 0.464. The van der Waals surface area contributed by atoms with Crippen molar-refractivity contribution in [3.8, 4) is 5.75 Å². The molecule has 0 N–H and O–H groups in total. The molecule has 2 rings (SSSR count). The Morgan fingerprint density at radius 2 is 2.06 bits per heavy atom. The van der Waals surface area contributed by atoms with Crippen LogP contribution in [0.3, 0.4) is 0 Å². The highest BCUT2D eigenvalue weighted by molar-refractivity contribution is 5.95. The molecular formula is C14H12O4. The van der Waals surface area contributed by atoms with Gasteiger partial charge in [0.15, 0.2) is 18.2 Å². The molecule has 0 aliphatic heterocycles. The van der Waals surface area contributed by atoms with Gasteiger partial charge in [0.2, 0.25) is 5.78 Å². The van der Waals surface area contributed by atoms with Gasteiger partial charge in [-0.15, -0.1) is 0 Å². The number of hydrogen-bond acceptors (Lipinski definition) is 4. The van der Waals surface area contributed by atoms with Crippen LogP contribution in [0, 0.1) is 0 Å². The number of Topliss-reactive ketones (excluding diaryl/α,β-unsaturated/α-hetero) is 2. The molecule has 0 saturated heterocycles. The smallest absolute Gasteiger partial charge is 0.235 e. The molecule has 2 aromatic rings. The molecule has 4 nitrogen and oxygen atoms in total. The summed E-state index contributed by atoms with van der Waals surface area (Å²) >= 11 is 0. The number of ether oxygens (including phenoxy) is 1. The van der Waals surface area contributed by atoms with Crippen molar-refractivity contribution >= 4 is 11.6 Å². The van der Waals surface area contributed by atoms with Gasteiger partial charge in [-0.05, 0) is 31.2 Å². The SMILES string of the molecule is CC(=O)c1cccc(OCC(=O)c2ccco2)c1. The average Bonchev–Trinajstić information content (AvgIpc) is 2.90. The molecule has 0 fully saturated rings. The standard InChI is InChI=1S/C14H12O4/c1-10(15)11-4-2-5-12(8-11)18-9-13(16)14-6-3-7-17-14/h2-8H,9H2,1H3. The highest BCUT2D eigenvalue weighted by atomic mass is 16.5. The van der Waals surface area contributed by atoms with Gasteiger partial charge in [0.1, 0.15) is 5.75 Å². The number of benzene rings is 1. The van der Waals surface area contributed by atoms with E-state index in [9.17, 15) is 9.59 Å². The number of furan rings is 1. The van der Waals surface area contributed by atoms with E-state index in [1.807, 2.05) is 0 Å². The lowest BCUT2D eigenvalue weighted by atomic mass is 10.1. The van der Waals surface area contributed by atoms with Gasteiger partial charge in [0.05, 0.1) is 6.26 Å². The Balaban J connectivity index is 2.00. The molecule has 18 heavy (non-hydrogen) atoms. The van der Waals surface area contributed by atoms with Crippen LogP contribution in [-0.2, 0) is 0 Å². The quantitative estimate of drug-likeness (QED) is 0.759. The van der Waals surface area contributed by atoms with E-state index in [4.69, 9.17) is 9.15 Å². The van der Waals surface area contributed by atoms with Crippen molar-refractivity contribution in [2.24, 2.45) is 0 Å². The van der Waals surface area contributed by atoms with Crippen LogP contribution in [0.15, 0.2) is 47.1 Å². The van der Waals surface area contributed by atoms with E-state index in [0.717, 1.165) is 0 Å². The van der Waals surface area contributed by atoms with E-state index in [1.165, 1.54) is 13.2 Å². The third-order valence-electron chi connectivity index (χ3n) is 2.41. The lowest BCUT2D eigenvalue weighted by molar-refractivity contribution is 0.0893. The van der Waals surface area contributed by atoms with Crippen LogP contribution in [0.5, 0.6) is 5.75 Å². The van der Waals surface area contributed by atoms with Crippen molar-refractivity contribution in [2.75, 3.05) is 6.61 Å². The largest absolute Gasteiger partial charge is 0.485 e. The van der Waals surface area contributed by atoms with Gasteiger partial charge in [-0.25, -0.2) is 0 Å². The van der Waals surface area contributed by atoms with Crippen molar-refractivity contribution in [1.82, 2.24) is 0 Å². The molecule has 0 spiro atoms. The molecule has 0 saturated carbocycles. The van der Waals surface area contributed by atoms with Crippen LogP contribution in [0.4, 0.5) is 0 Å². The van der Waals surface area contributed by atoms with E-state index in [-0.39, 0.29) is 23.9 Å². The van der Waals surface area contributed by atoms with Crippen molar-refractivity contribution < 1.29 is 18.7 Å². The fraction of sp³-hybridized carbons (Fsp3) is 0.143. The van der Waals surface area contributed by atoms with Crippen molar-refractivity contribution in [3.05, 3.63) is 54.0 Å². The number of hydrogen-bond donors (Lipinski definition) is 0. The normalized spacial score (nSPS) is 10.1. The first-order valence-electron chi connectivity index (χ1n) is 5.47. The first-order valence-corrected chi connectivity index (χ1v) is 5.47. The van der Waals surface area contributed by atoms with Gasteiger partial charge in [-0.3, -0.25) is 9.59 Å². The summed E-state index contributed by atoms with van der Waals surface area (Å²) in [6.07, 6.45) is 1.43. The molecule has 0 amide bonds. The monoisotopic (exact) mass is 244 g/mol. The minimum absolute atomic E-state index is 0.0437. The van der Waals surface area contributed by atoms with Gasteiger partial charge in [0, 0.05) is 5.56 Å². The molecule has 92 valence electrons. The molecular weight excluding hydrogens is 232 g/mol. The fourth-order valence-corrected chi connectivity index (χ4v) is 1.46. The van der Waals surface area contributed by atoms with Gasteiger partial charge >= 0.3 is 0 Å². The highest BCUT2D eigenvalue weighted by Crippen LogP contribution is 2.14. The first kappa shape index (κ1) is 12.1. The lowest BCUT2D eigenvalue weighted by Crippen LogP contribution is -2.10. The second-order valence-corrected chi connectivity index (χ2v) is 3.77. The fourth-order valence-electron chi connectivity index (χ4n) is 1.46. The van der Waals surface area contributed by atoms with Crippen molar-refractivity contribution in [2.45, 2.75) is 6.92 Å². The van der Waals surface area contributed by atoms with Crippen LogP contribution in [0.1, 0.15) is 27.8 Å². The Bertz CT molecular complexity index is 555. The van der Waals surface area contributed by atoms with E-state index >= 15 is 0 Å². The maximum absolute atomic E-state index is 11.6. The van der Waals surface area contributed by atoms with Gasteiger partial charge in [-0.1, -0.05) is 12.1 Å². The minimum atomic E-state index is -0.242. The molecule has 0 aliphatic carbocycles. The van der Waals surface area contributed by atoms with Gasteiger partial charge in [-0.2, -0.15) is 0 Å². The minimum Gasteiger partial charge on any atom is -0.485 e. The third kappa shape index (κ3) is 2.85. The zero-order valence-electron chi connectivity index (χ0n) is 9.88. The zero-order chi connectivity index (χ0) is 13.0. The Labute approximate surface area is 104 Å². The van der Waals surface area contributed by atoms with E-state index in [1.54, 1.807) is 36.4 Å². The summed E-state index contributed by atoms with van der Waals surface area (Å²) < 4.78 is 10.3. The molecule has 0 aliphatic rings. The van der Waals surface area contributed by atoms with Gasteiger partial charge in [0.25, 0.3) is 0 Å². The van der Waals surface area contributed by atoms with Crippen molar-refractivity contribution in [1.29, 1.82) is 0 Å². The first-order chi connectivity index (χ1) is 8.66. The van der Waals surface area contributed by atoms with Crippen LogP contribution in [-0.4, -0.2) is 18.2 Å². The molecule has 1 heterocycles. The predicted octanol–water partition coefficient (Wildman–Crippen LogP) is 2.74. The lowest BCUT2D eigenvalue weighted by Gasteiger charge is -2.05. The molecule has 0 atom stereocenters. The highest BCUT2D eigenvalue weighted by Gasteiger charge is 2.09. The maximum atomic E-state index is 11.6.